The van der Waals surface area contributed by atoms with Gasteiger partial charge in [-0.05, 0) is 36.7 Å². The molecule has 2 N–H and O–H groups in total. The van der Waals surface area contributed by atoms with Crippen molar-refractivity contribution < 1.29 is 14.3 Å². The average molecular weight is 383 g/mol. The highest BCUT2D eigenvalue weighted by atomic mass is 16.5. The lowest BCUT2D eigenvalue weighted by Crippen LogP contribution is -2.43. The SMILES string of the molecule is CCNC(=O)CN(CC)CC(=O)N[C@H](c1ccccc1)c1ccc(OC)cc1. The first-order valence-corrected chi connectivity index (χ1v) is 9.54. The fourth-order valence-electron chi connectivity index (χ4n) is 2.95. The van der Waals surface area contributed by atoms with Gasteiger partial charge in [0.05, 0.1) is 26.2 Å². The molecule has 0 aliphatic heterocycles. The minimum Gasteiger partial charge on any atom is -0.497 e. The van der Waals surface area contributed by atoms with Crippen molar-refractivity contribution in [2.45, 2.75) is 19.9 Å². The van der Waals surface area contributed by atoms with Gasteiger partial charge in [0.15, 0.2) is 0 Å². The molecule has 0 aromatic heterocycles. The molecule has 1 atom stereocenters. The van der Waals surface area contributed by atoms with E-state index in [1.807, 2.05) is 73.3 Å². The van der Waals surface area contributed by atoms with E-state index in [4.69, 9.17) is 4.74 Å². The molecule has 0 saturated heterocycles. The quantitative estimate of drug-likeness (QED) is 0.661. The maximum absolute atomic E-state index is 12.7. The van der Waals surface area contributed by atoms with Crippen LogP contribution in [0.5, 0.6) is 5.75 Å². The van der Waals surface area contributed by atoms with Crippen molar-refractivity contribution in [3.63, 3.8) is 0 Å². The van der Waals surface area contributed by atoms with Crippen LogP contribution in [0.2, 0.25) is 0 Å². The van der Waals surface area contributed by atoms with Crippen molar-refractivity contribution in [1.29, 1.82) is 0 Å². The number of methoxy groups -OCH3 is 1. The van der Waals surface area contributed by atoms with Crippen LogP contribution < -0.4 is 15.4 Å². The van der Waals surface area contributed by atoms with Gasteiger partial charge in [0, 0.05) is 6.54 Å². The lowest BCUT2D eigenvalue weighted by atomic mass is 9.98. The Labute approximate surface area is 166 Å². The number of hydrogen-bond donors (Lipinski definition) is 2. The number of nitrogens with zero attached hydrogens (tertiary/aromatic N) is 1. The molecule has 2 amide bonds. The molecule has 0 radical (unpaired) electrons. The fourth-order valence-corrected chi connectivity index (χ4v) is 2.95. The second-order valence-corrected chi connectivity index (χ2v) is 6.44. The standard InChI is InChI=1S/C22H29N3O3/c1-4-23-20(26)15-25(5-2)16-21(27)24-22(17-9-7-6-8-10-17)18-11-13-19(28-3)14-12-18/h6-14,22H,4-5,15-16H2,1-3H3,(H,23,26)(H,24,27)/t22-/m1/s1. The van der Waals surface area contributed by atoms with E-state index < -0.39 is 0 Å². The Hall–Kier alpha value is -2.86. The summed E-state index contributed by atoms with van der Waals surface area (Å²) in [5.74, 6) is 0.559. The fraction of sp³-hybridized carbons (Fsp3) is 0.364. The number of nitrogens with one attached hydrogen (secondary N) is 2. The number of carbonyl (C=O) groups excluding carboxylic acids is 2. The van der Waals surface area contributed by atoms with Gasteiger partial charge < -0.3 is 15.4 Å². The third-order valence-electron chi connectivity index (χ3n) is 4.44. The van der Waals surface area contributed by atoms with Crippen LogP contribution in [0.1, 0.15) is 31.0 Å². The van der Waals surface area contributed by atoms with E-state index in [1.165, 1.54) is 0 Å². The van der Waals surface area contributed by atoms with Gasteiger partial charge in [-0.15, -0.1) is 0 Å². The summed E-state index contributed by atoms with van der Waals surface area (Å²) in [5, 5.41) is 5.87. The Morgan fingerprint density at radius 2 is 1.54 bits per heavy atom. The number of benzene rings is 2. The molecule has 6 nitrogen and oxygen atoms in total. The number of rotatable bonds is 10. The molecule has 0 bridgehead atoms. The van der Waals surface area contributed by atoms with Crippen LogP contribution in [0.25, 0.3) is 0 Å². The summed E-state index contributed by atoms with van der Waals surface area (Å²) in [5.41, 5.74) is 1.96. The van der Waals surface area contributed by atoms with Crippen LogP contribution >= 0.6 is 0 Å². The van der Waals surface area contributed by atoms with Gasteiger partial charge in [0.2, 0.25) is 11.8 Å². The second kappa shape index (κ2) is 11.1. The highest BCUT2D eigenvalue weighted by Gasteiger charge is 2.19. The largest absolute Gasteiger partial charge is 0.497 e. The van der Waals surface area contributed by atoms with Gasteiger partial charge in [0.25, 0.3) is 0 Å². The summed E-state index contributed by atoms with van der Waals surface area (Å²) in [6.07, 6.45) is 0. The first kappa shape index (κ1) is 21.4. The Kier molecular flexibility index (Phi) is 8.49. The highest BCUT2D eigenvalue weighted by Crippen LogP contribution is 2.24. The number of likely N-dealkylation sites (N-methyl/N-ethyl adjacent to an activating group) is 2. The minimum atomic E-state index is -0.275. The van der Waals surface area contributed by atoms with E-state index in [2.05, 4.69) is 10.6 Å². The van der Waals surface area contributed by atoms with Gasteiger partial charge in [-0.25, -0.2) is 0 Å². The molecule has 0 aliphatic rings. The molecule has 0 fully saturated rings. The average Bonchev–Trinajstić information content (AvgIpc) is 2.72. The molecule has 0 unspecified atom stereocenters. The third kappa shape index (κ3) is 6.39. The van der Waals surface area contributed by atoms with E-state index in [1.54, 1.807) is 7.11 Å². The lowest BCUT2D eigenvalue weighted by molar-refractivity contribution is -0.125. The van der Waals surface area contributed by atoms with Gasteiger partial charge in [-0.2, -0.15) is 0 Å². The molecule has 0 spiro atoms. The summed E-state index contributed by atoms with van der Waals surface area (Å²) in [6, 6.07) is 17.2. The molecule has 28 heavy (non-hydrogen) atoms. The monoisotopic (exact) mass is 383 g/mol. The van der Waals surface area contributed by atoms with Crippen molar-refractivity contribution in [2.24, 2.45) is 0 Å². The summed E-state index contributed by atoms with van der Waals surface area (Å²) in [4.78, 5) is 26.4. The van der Waals surface area contributed by atoms with Crippen LogP contribution in [-0.2, 0) is 9.59 Å². The van der Waals surface area contributed by atoms with Crippen molar-refractivity contribution >= 4 is 11.8 Å². The minimum absolute atomic E-state index is 0.0769. The topological polar surface area (TPSA) is 70.7 Å². The Morgan fingerprint density at radius 1 is 0.929 bits per heavy atom. The maximum Gasteiger partial charge on any atom is 0.234 e. The Morgan fingerprint density at radius 3 is 2.11 bits per heavy atom. The molecule has 2 aromatic rings. The molecule has 2 rings (SSSR count). The highest BCUT2D eigenvalue weighted by molar-refractivity contribution is 5.81. The summed E-state index contributed by atoms with van der Waals surface area (Å²) >= 11 is 0. The second-order valence-electron chi connectivity index (χ2n) is 6.44. The van der Waals surface area contributed by atoms with E-state index in [-0.39, 0.29) is 30.9 Å². The molecule has 2 aromatic carbocycles. The summed E-state index contributed by atoms with van der Waals surface area (Å²) < 4.78 is 5.23. The van der Waals surface area contributed by atoms with Crippen molar-refractivity contribution in [3.05, 3.63) is 65.7 Å². The number of carbonyl (C=O) groups is 2. The molecule has 0 saturated carbocycles. The number of ether oxygens (including phenoxy) is 1. The third-order valence-corrected chi connectivity index (χ3v) is 4.44. The lowest BCUT2D eigenvalue weighted by Gasteiger charge is -2.23. The maximum atomic E-state index is 12.7. The Bertz CT molecular complexity index is 747. The first-order valence-electron chi connectivity index (χ1n) is 9.54. The van der Waals surface area contributed by atoms with E-state index >= 15 is 0 Å². The smallest absolute Gasteiger partial charge is 0.234 e. The summed E-state index contributed by atoms with van der Waals surface area (Å²) in [6.45, 7) is 5.37. The Balaban J connectivity index is 2.13. The normalized spacial score (nSPS) is 11.7. The van der Waals surface area contributed by atoms with Crippen molar-refractivity contribution in [2.75, 3.05) is 33.3 Å². The first-order chi connectivity index (χ1) is 13.6. The zero-order chi connectivity index (χ0) is 20.4. The zero-order valence-corrected chi connectivity index (χ0v) is 16.8. The molecule has 6 heteroatoms. The molecular weight excluding hydrogens is 354 g/mol. The predicted molar refractivity (Wildman–Crippen MR) is 110 cm³/mol. The molecular formula is C22H29N3O3. The van der Waals surface area contributed by atoms with Crippen LogP contribution in [0, 0.1) is 0 Å². The molecule has 0 heterocycles. The summed E-state index contributed by atoms with van der Waals surface area (Å²) in [7, 11) is 1.62. The van der Waals surface area contributed by atoms with Gasteiger partial charge in [0.1, 0.15) is 5.75 Å². The van der Waals surface area contributed by atoms with Crippen LogP contribution in [-0.4, -0.2) is 50.0 Å². The van der Waals surface area contributed by atoms with Crippen LogP contribution in [0.15, 0.2) is 54.6 Å². The van der Waals surface area contributed by atoms with Gasteiger partial charge in [-0.3, -0.25) is 14.5 Å². The van der Waals surface area contributed by atoms with Crippen molar-refractivity contribution in [3.8, 4) is 5.75 Å². The zero-order valence-electron chi connectivity index (χ0n) is 16.8. The predicted octanol–water partition coefficient (Wildman–Crippen LogP) is 2.36. The van der Waals surface area contributed by atoms with E-state index in [0.717, 1.165) is 16.9 Å². The van der Waals surface area contributed by atoms with Gasteiger partial charge in [-0.1, -0.05) is 49.4 Å². The molecule has 150 valence electrons. The number of hydrogen-bond acceptors (Lipinski definition) is 4. The number of amides is 2. The molecule has 0 aliphatic carbocycles. The van der Waals surface area contributed by atoms with E-state index in [9.17, 15) is 9.59 Å². The van der Waals surface area contributed by atoms with Crippen LogP contribution in [0.3, 0.4) is 0 Å². The van der Waals surface area contributed by atoms with Crippen molar-refractivity contribution in [1.82, 2.24) is 15.5 Å². The van der Waals surface area contributed by atoms with Gasteiger partial charge >= 0.3 is 0 Å². The van der Waals surface area contributed by atoms with E-state index in [0.29, 0.717) is 13.1 Å². The van der Waals surface area contributed by atoms with Crippen LogP contribution in [0.4, 0.5) is 0 Å².